The molecule has 1 aliphatic rings. The van der Waals surface area contributed by atoms with Crippen LogP contribution in [0.1, 0.15) is 32.9 Å². The van der Waals surface area contributed by atoms with E-state index >= 15 is 0 Å². The second kappa shape index (κ2) is 8.12. The lowest BCUT2D eigenvalue weighted by Crippen LogP contribution is -2.25. The van der Waals surface area contributed by atoms with Crippen molar-refractivity contribution in [1.29, 1.82) is 0 Å². The Balaban J connectivity index is 1.42. The molecule has 2 aromatic carbocycles. The summed E-state index contributed by atoms with van der Waals surface area (Å²) >= 11 is 1.39. The largest absolute Gasteiger partial charge is 0.349 e. The number of fused-ring (bicyclic) bond motifs is 1. The van der Waals surface area contributed by atoms with Gasteiger partial charge in [-0.1, -0.05) is 24.3 Å². The quantitative estimate of drug-likeness (QED) is 0.464. The van der Waals surface area contributed by atoms with E-state index < -0.39 is 0 Å². The van der Waals surface area contributed by atoms with Gasteiger partial charge in [0.05, 0.1) is 4.88 Å². The van der Waals surface area contributed by atoms with Crippen LogP contribution in [-0.4, -0.2) is 41.5 Å². The smallest absolute Gasteiger partial charge is 0.265 e. The molecule has 0 unspecified atom stereocenters. The third-order valence-corrected chi connectivity index (χ3v) is 6.36. The topological polar surface area (TPSA) is 79.3 Å². The summed E-state index contributed by atoms with van der Waals surface area (Å²) in [6, 6.07) is 19.1. The number of carbonyl (C=O) groups excluding carboxylic acids is 2. The molecular formula is C24H23N5O2S. The normalized spacial score (nSPS) is 13.2. The summed E-state index contributed by atoms with van der Waals surface area (Å²) < 4.78 is 2.06. The molecule has 4 aromatic rings. The first-order valence-corrected chi connectivity index (χ1v) is 11.3. The molecule has 7 nitrogen and oxygen atoms in total. The Morgan fingerprint density at radius 3 is 2.53 bits per heavy atom. The minimum Gasteiger partial charge on any atom is -0.349 e. The molecule has 0 saturated heterocycles. The molecule has 1 fully saturated rings. The minimum absolute atomic E-state index is 0.109. The van der Waals surface area contributed by atoms with Crippen LogP contribution in [0.15, 0.2) is 60.7 Å². The van der Waals surface area contributed by atoms with Gasteiger partial charge in [0.25, 0.3) is 11.8 Å². The molecule has 2 aromatic heterocycles. The number of imidazole rings is 1. The summed E-state index contributed by atoms with van der Waals surface area (Å²) in [5.74, 6) is 0.473. The Kier molecular flexibility index (Phi) is 5.14. The Hall–Kier alpha value is -3.65. The number of thiophene rings is 1. The fourth-order valence-electron chi connectivity index (χ4n) is 3.51. The molecule has 0 spiro atoms. The molecule has 0 aliphatic heterocycles. The molecule has 0 radical (unpaired) electrons. The summed E-state index contributed by atoms with van der Waals surface area (Å²) in [6.45, 7) is 0. The molecule has 1 saturated carbocycles. The number of hydrogen-bond acceptors (Lipinski definition) is 5. The van der Waals surface area contributed by atoms with E-state index in [-0.39, 0.29) is 17.9 Å². The van der Waals surface area contributed by atoms with Crippen LogP contribution in [0.5, 0.6) is 0 Å². The van der Waals surface area contributed by atoms with Crippen molar-refractivity contribution in [2.24, 2.45) is 0 Å². The first kappa shape index (κ1) is 20.3. The highest BCUT2D eigenvalue weighted by Crippen LogP contribution is 2.33. The monoisotopic (exact) mass is 445 g/mol. The average molecular weight is 446 g/mol. The van der Waals surface area contributed by atoms with Gasteiger partial charge in [-0.15, -0.1) is 11.3 Å². The van der Waals surface area contributed by atoms with E-state index in [4.69, 9.17) is 4.98 Å². The fourth-order valence-corrected chi connectivity index (χ4v) is 4.52. The van der Waals surface area contributed by atoms with Gasteiger partial charge in [0.1, 0.15) is 10.3 Å². The highest BCUT2D eigenvalue weighted by Gasteiger charge is 2.24. The maximum absolute atomic E-state index is 13.0. The molecular weight excluding hydrogens is 422 g/mol. The number of nitrogens with one attached hydrogen (secondary N) is 2. The van der Waals surface area contributed by atoms with Crippen LogP contribution in [0.4, 0.5) is 11.6 Å². The van der Waals surface area contributed by atoms with E-state index in [0.717, 1.165) is 34.8 Å². The van der Waals surface area contributed by atoms with Crippen molar-refractivity contribution >= 4 is 45.1 Å². The van der Waals surface area contributed by atoms with Crippen molar-refractivity contribution in [1.82, 2.24) is 14.9 Å². The number of benzene rings is 2. The summed E-state index contributed by atoms with van der Waals surface area (Å²) in [5.41, 5.74) is 2.88. The molecule has 8 heteroatoms. The zero-order valence-corrected chi connectivity index (χ0v) is 18.6. The van der Waals surface area contributed by atoms with Crippen molar-refractivity contribution in [3.8, 4) is 5.69 Å². The lowest BCUT2D eigenvalue weighted by Gasteiger charge is -2.14. The number of nitrogens with zero attached hydrogens (tertiary/aromatic N) is 3. The summed E-state index contributed by atoms with van der Waals surface area (Å²) in [5, 5.41) is 5.88. The van der Waals surface area contributed by atoms with E-state index in [0.29, 0.717) is 16.1 Å². The molecule has 0 atom stereocenters. The van der Waals surface area contributed by atoms with E-state index in [1.165, 1.54) is 11.3 Å². The van der Waals surface area contributed by atoms with Crippen molar-refractivity contribution in [3.63, 3.8) is 0 Å². The highest BCUT2D eigenvalue weighted by atomic mass is 32.1. The van der Waals surface area contributed by atoms with Gasteiger partial charge in [0.2, 0.25) is 5.95 Å². The Morgan fingerprint density at radius 1 is 1.03 bits per heavy atom. The average Bonchev–Trinajstić information content (AvgIpc) is 3.38. The van der Waals surface area contributed by atoms with Gasteiger partial charge >= 0.3 is 0 Å². The number of rotatable bonds is 6. The SMILES string of the molecule is CN(C)c1nc2cc(C(=O)Nc3cccc(C(=O)NC4CC4)c3)sc2n1-c1ccccc1. The highest BCUT2D eigenvalue weighted by molar-refractivity contribution is 7.20. The summed E-state index contributed by atoms with van der Waals surface area (Å²) in [6.07, 6.45) is 2.06. The van der Waals surface area contributed by atoms with Gasteiger partial charge in [0.15, 0.2) is 0 Å². The van der Waals surface area contributed by atoms with Gasteiger partial charge in [-0.25, -0.2) is 4.98 Å². The first-order valence-electron chi connectivity index (χ1n) is 10.5. The zero-order chi connectivity index (χ0) is 22.2. The Morgan fingerprint density at radius 2 is 1.81 bits per heavy atom. The van der Waals surface area contributed by atoms with Crippen LogP contribution in [0, 0.1) is 0 Å². The number of carbonyl (C=O) groups is 2. The van der Waals surface area contributed by atoms with Crippen LogP contribution in [0.2, 0.25) is 0 Å². The van der Waals surface area contributed by atoms with Crippen molar-refractivity contribution in [2.45, 2.75) is 18.9 Å². The zero-order valence-electron chi connectivity index (χ0n) is 17.8. The minimum atomic E-state index is -0.223. The number of amides is 2. The lowest BCUT2D eigenvalue weighted by molar-refractivity contribution is 0.0949. The molecule has 162 valence electrons. The van der Waals surface area contributed by atoms with E-state index in [1.54, 1.807) is 24.3 Å². The Labute approximate surface area is 189 Å². The maximum Gasteiger partial charge on any atom is 0.265 e. The summed E-state index contributed by atoms with van der Waals surface area (Å²) in [7, 11) is 3.90. The van der Waals surface area contributed by atoms with E-state index in [1.807, 2.05) is 55.4 Å². The van der Waals surface area contributed by atoms with E-state index in [2.05, 4.69) is 15.2 Å². The van der Waals surface area contributed by atoms with Gasteiger partial charge in [-0.05, 0) is 49.2 Å². The fraction of sp³-hybridized carbons (Fsp3) is 0.208. The van der Waals surface area contributed by atoms with Crippen LogP contribution in [-0.2, 0) is 0 Å². The third-order valence-electron chi connectivity index (χ3n) is 5.25. The first-order chi connectivity index (χ1) is 15.5. The number of hydrogen-bond donors (Lipinski definition) is 2. The number of anilines is 2. The predicted molar refractivity (Wildman–Crippen MR) is 128 cm³/mol. The summed E-state index contributed by atoms with van der Waals surface area (Å²) in [4.78, 5) is 33.4. The molecule has 2 amide bonds. The third kappa shape index (κ3) is 3.97. The number of para-hydroxylation sites is 1. The molecule has 2 heterocycles. The van der Waals surface area contributed by atoms with E-state index in [9.17, 15) is 9.59 Å². The molecule has 2 N–H and O–H groups in total. The second-order valence-corrected chi connectivity index (χ2v) is 9.09. The van der Waals surface area contributed by atoms with Gasteiger partial charge in [0, 0.05) is 37.1 Å². The molecule has 5 rings (SSSR count). The lowest BCUT2D eigenvalue weighted by atomic mass is 10.2. The van der Waals surface area contributed by atoms with Crippen LogP contribution in [0.3, 0.4) is 0 Å². The van der Waals surface area contributed by atoms with Crippen molar-refractivity contribution in [2.75, 3.05) is 24.3 Å². The van der Waals surface area contributed by atoms with Crippen LogP contribution >= 0.6 is 11.3 Å². The predicted octanol–water partition coefficient (Wildman–Crippen LogP) is 4.30. The van der Waals surface area contributed by atoms with Crippen LogP contribution in [0.25, 0.3) is 16.0 Å². The standard InChI is InChI=1S/C24H23N5O2S/c1-28(2)24-27-19-14-20(32-23(19)29(24)18-9-4-3-5-10-18)22(31)26-17-8-6-7-15(13-17)21(30)25-16-11-12-16/h3-10,13-14,16H,11-12H2,1-2H3,(H,25,30)(H,26,31). The van der Waals surface area contributed by atoms with Gasteiger partial charge in [-0.3, -0.25) is 14.2 Å². The van der Waals surface area contributed by atoms with Gasteiger partial charge < -0.3 is 15.5 Å². The second-order valence-electron chi connectivity index (χ2n) is 8.06. The van der Waals surface area contributed by atoms with Gasteiger partial charge in [-0.2, -0.15) is 0 Å². The number of aromatic nitrogens is 2. The van der Waals surface area contributed by atoms with Crippen LogP contribution < -0.4 is 15.5 Å². The van der Waals surface area contributed by atoms with Crippen molar-refractivity contribution < 1.29 is 9.59 Å². The molecule has 1 aliphatic carbocycles. The molecule has 0 bridgehead atoms. The molecule has 32 heavy (non-hydrogen) atoms. The Bertz CT molecular complexity index is 1300. The maximum atomic E-state index is 13.0. The van der Waals surface area contributed by atoms with Crippen molar-refractivity contribution in [3.05, 3.63) is 71.1 Å².